The van der Waals surface area contributed by atoms with E-state index in [1.807, 2.05) is 78.9 Å². The summed E-state index contributed by atoms with van der Waals surface area (Å²) in [7, 11) is 0.303. The Kier molecular flexibility index (Phi) is 8.64. The quantitative estimate of drug-likeness (QED) is 0.150. The summed E-state index contributed by atoms with van der Waals surface area (Å²) in [6.45, 7) is 0. The standard InChI is InChI=1S/C34H24BBr2F2N3O2/c1-43-27-15-7-23(8-16-27)31-19-29(21-3-11-25(36)12-4-21)33(40-31)41-34-30(22-5-13-26(37)14-6-22)20-32(42(34)35(38)39)24-9-17-28(44-2)18-10-24/h3-20H,1-2H3/b41-33-. The topological polar surface area (TPSA) is 48.1 Å². The number of aromatic nitrogens is 1. The van der Waals surface area contributed by atoms with Crippen molar-refractivity contribution in [3.8, 4) is 33.9 Å². The minimum atomic E-state index is -2.87. The van der Waals surface area contributed by atoms with Crippen LogP contribution in [0.1, 0.15) is 11.1 Å². The Balaban J connectivity index is 1.58. The van der Waals surface area contributed by atoms with Crippen LogP contribution in [0.5, 0.6) is 11.5 Å². The maximum absolute atomic E-state index is 15.1. The molecule has 10 heteroatoms. The second kappa shape index (κ2) is 12.8. The molecular formula is C34H24BBr2F2N3O2. The molecule has 0 atom stereocenters. The lowest BCUT2D eigenvalue weighted by atomic mass is 10.0. The molecule has 0 amide bonds. The summed E-state index contributed by atoms with van der Waals surface area (Å²) in [5.74, 6) is 1.79. The van der Waals surface area contributed by atoms with Gasteiger partial charge in [0.15, 0.2) is 5.84 Å². The summed E-state index contributed by atoms with van der Waals surface area (Å²) < 4.78 is 43.5. The van der Waals surface area contributed by atoms with Gasteiger partial charge in [0.2, 0.25) is 0 Å². The fourth-order valence-corrected chi connectivity index (χ4v) is 5.53. The molecule has 1 aliphatic rings. The molecule has 6 rings (SSSR count). The van der Waals surface area contributed by atoms with Gasteiger partial charge < -0.3 is 14.0 Å². The Morgan fingerprint density at radius 2 is 1.18 bits per heavy atom. The number of methoxy groups -OCH3 is 2. The molecule has 0 spiro atoms. The first kappa shape index (κ1) is 29.8. The minimum Gasteiger partial charge on any atom is -0.497 e. The molecule has 0 saturated heterocycles. The summed E-state index contributed by atoms with van der Waals surface area (Å²) in [6.07, 6.45) is 1.93. The largest absolute Gasteiger partial charge is 0.679 e. The van der Waals surface area contributed by atoms with Gasteiger partial charge in [-0.15, -0.1) is 0 Å². The summed E-state index contributed by atoms with van der Waals surface area (Å²) in [5, 5.41) is 0. The van der Waals surface area contributed by atoms with Crippen molar-refractivity contribution in [2.75, 3.05) is 14.2 Å². The summed E-state index contributed by atoms with van der Waals surface area (Å²) >= 11 is 6.97. The monoisotopic (exact) mass is 713 g/mol. The van der Waals surface area contributed by atoms with E-state index in [1.165, 1.54) is 0 Å². The van der Waals surface area contributed by atoms with Gasteiger partial charge in [0, 0.05) is 31.3 Å². The lowest BCUT2D eigenvalue weighted by molar-refractivity contribution is 0.414. The normalized spacial score (nSPS) is 13.5. The van der Waals surface area contributed by atoms with Gasteiger partial charge in [-0.3, -0.25) is 8.63 Å². The zero-order chi connectivity index (χ0) is 30.8. The number of halogens is 4. The van der Waals surface area contributed by atoms with Crippen molar-refractivity contribution >= 4 is 62.2 Å². The number of rotatable bonds is 8. The van der Waals surface area contributed by atoms with Gasteiger partial charge in [0.25, 0.3) is 0 Å². The maximum atomic E-state index is 15.1. The molecule has 4 aromatic carbocycles. The first-order valence-electron chi connectivity index (χ1n) is 13.6. The first-order valence-corrected chi connectivity index (χ1v) is 15.2. The number of benzene rings is 4. The van der Waals surface area contributed by atoms with Crippen LogP contribution in [0.15, 0.2) is 128 Å². The van der Waals surface area contributed by atoms with Crippen LogP contribution < -0.4 is 9.47 Å². The van der Waals surface area contributed by atoms with Crippen molar-refractivity contribution in [1.29, 1.82) is 0 Å². The Morgan fingerprint density at radius 1 is 0.682 bits per heavy atom. The van der Waals surface area contributed by atoms with Crippen LogP contribution in [0.2, 0.25) is 0 Å². The van der Waals surface area contributed by atoms with Crippen molar-refractivity contribution in [3.63, 3.8) is 0 Å². The molecule has 0 fully saturated rings. The van der Waals surface area contributed by atoms with Gasteiger partial charge in [-0.2, -0.15) is 0 Å². The van der Waals surface area contributed by atoms with Crippen LogP contribution in [-0.4, -0.2) is 37.6 Å². The molecule has 0 radical (unpaired) electrons. The van der Waals surface area contributed by atoms with E-state index in [1.54, 1.807) is 44.6 Å². The number of hydrogen-bond acceptors (Lipinski definition) is 3. The summed E-state index contributed by atoms with van der Waals surface area (Å²) in [4.78, 5) is 9.80. The molecule has 5 aromatic rings. The lowest BCUT2D eigenvalue weighted by Gasteiger charge is -2.11. The van der Waals surface area contributed by atoms with Crippen LogP contribution in [0.25, 0.3) is 28.0 Å². The molecule has 5 nitrogen and oxygen atoms in total. The molecule has 2 heterocycles. The zero-order valence-corrected chi connectivity index (χ0v) is 26.8. The number of allylic oxidation sites excluding steroid dienone is 1. The van der Waals surface area contributed by atoms with Crippen molar-refractivity contribution in [3.05, 3.63) is 129 Å². The Hall–Kier alpha value is -4.28. The molecule has 0 bridgehead atoms. The highest BCUT2D eigenvalue weighted by molar-refractivity contribution is 9.10. The van der Waals surface area contributed by atoms with Gasteiger partial charge in [0.1, 0.15) is 17.3 Å². The van der Waals surface area contributed by atoms with E-state index in [0.717, 1.165) is 41.4 Å². The van der Waals surface area contributed by atoms with Crippen LogP contribution in [0.4, 0.5) is 14.4 Å². The summed E-state index contributed by atoms with van der Waals surface area (Å²) in [6, 6.07) is 31.6. The highest BCUT2D eigenvalue weighted by atomic mass is 79.9. The Bertz CT molecular complexity index is 1900. The van der Waals surface area contributed by atoms with Gasteiger partial charge >= 0.3 is 7.40 Å². The van der Waals surface area contributed by atoms with E-state index in [2.05, 4.69) is 31.9 Å². The SMILES string of the molecule is COc1ccc(C2=N/C(=N\c3c(-c4ccc(Br)cc4)cc(-c4ccc(OC)cc4)n3B(F)F)C(c3ccc(Br)cc3)=C2)cc1. The highest BCUT2D eigenvalue weighted by Crippen LogP contribution is 2.41. The molecule has 44 heavy (non-hydrogen) atoms. The molecule has 0 N–H and O–H groups in total. The number of aliphatic imine (C=N–C) groups is 2. The van der Waals surface area contributed by atoms with E-state index < -0.39 is 7.40 Å². The van der Waals surface area contributed by atoms with Crippen LogP contribution in [0, 0.1) is 0 Å². The fourth-order valence-electron chi connectivity index (χ4n) is 5.00. The van der Waals surface area contributed by atoms with E-state index in [4.69, 9.17) is 19.5 Å². The molecule has 1 aromatic heterocycles. The van der Waals surface area contributed by atoms with Gasteiger partial charge in [-0.1, -0.05) is 56.1 Å². The molecule has 0 saturated carbocycles. The average Bonchev–Trinajstić information content (AvgIpc) is 3.64. The number of amidine groups is 1. The smallest absolute Gasteiger partial charge is 0.497 e. The predicted molar refractivity (Wildman–Crippen MR) is 182 cm³/mol. The Labute approximate surface area is 271 Å². The van der Waals surface area contributed by atoms with E-state index in [0.29, 0.717) is 34.1 Å². The predicted octanol–water partition coefficient (Wildman–Crippen LogP) is 9.75. The second-order valence-electron chi connectivity index (χ2n) is 9.88. The molecule has 0 aliphatic carbocycles. The van der Waals surface area contributed by atoms with E-state index >= 15 is 8.63 Å². The zero-order valence-electron chi connectivity index (χ0n) is 23.6. The third kappa shape index (κ3) is 6.05. The Morgan fingerprint density at radius 3 is 1.70 bits per heavy atom. The van der Waals surface area contributed by atoms with Crippen LogP contribution >= 0.6 is 31.9 Å². The van der Waals surface area contributed by atoms with Crippen molar-refractivity contribution < 1.29 is 18.1 Å². The summed E-state index contributed by atoms with van der Waals surface area (Å²) in [5.41, 5.74) is 5.32. The van der Waals surface area contributed by atoms with Gasteiger partial charge in [0.05, 0.1) is 19.9 Å². The average molecular weight is 715 g/mol. The number of hydrogen-bond donors (Lipinski definition) is 0. The second-order valence-corrected chi connectivity index (χ2v) is 11.7. The van der Waals surface area contributed by atoms with Gasteiger partial charge in [-0.25, -0.2) is 9.98 Å². The van der Waals surface area contributed by atoms with Gasteiger partial charge in [-0.05, 0) is 102 Å². The number of nitrogens with zero attached hydrogens (tertiary/aromatic N) is 3. The van der Waals surface area contributed by atoms with Crippen molar-refractivity contribution in [2.45, 2.75) is 0 Å². The number of ether oxygens (including phenoxy) is 2. The third-order valence-electron chi connectivity index (χ3n) is 7.25. The van der Waals surface area contributed by atoms with Crippen molar-refractivity contribution in [1.82, 2.24) is 4.48 Å². The van der Waals surface area contributed by atoms with E-state index in [-0.39, 0.29) is 5.82 Å². The highest BCUT2D eigenvalue weighted by Gasteiger charge is 2.30. The maximum Gasteiger partial charge on any atom is 0.679 e. The molecular weight excluding hydrogens is 691 g/mol. The first-order chi connectivity index (χ1) is 21.3. The minimum absolute atomic E-state index is 0.103. The lowest BCUT2D eigenvalue weighted by Crippen LogP contribution is -2.14. The fraction of sp³-hybridized carbons (Fsp3) is 0.0588. The molecule has 1 aliphatic heterocycles. The van der Waals surface area contributed by atoms with Crippen LogP contribution in [0.3, 0.4) is 0 Å². The molecule has 0 unspecified atom stereocenters. The van der Waals surface area contributed by atoms with Crippen molar-refractivity contribution in [2.24, 2.45) is 9.98 Å². The third-order valence-corrected chi connectivity index (χ3v) is 8.30. The molecule has 218 valence electrons. The van der Waals surface area contributed by atoms with Crippen LogP contribution in [-0.2, 0) is 0 Å². The van der Waals surface area contributed by atoms with E-state index in [9.17, 15) is 0 Å².